The van der Waals surface area contributed by atoms with Gasteiger partial charge in [0.05, 0.1) is 0 Å². The van der Waals surface area contributed by atoms with Crippen molar-refractivity contribution in [2.75, 3.05) is 0 Å². The molecule has 1 aliphatic carbocycles. The largest absolute Gasteiger partial charge is 0.507 e. The van der Waals surface area contributed by atoms with E-state index in [9.17, 15) is 9.90 Å². The van der Waals surface area contributed by atoms with E-state index in [1.54, 1.807) is 6.08 Å². The van der Waals surface area contributed by atoms with Crippen LogP contribution in [0.1, 0.15) is 30.9 Å². The van der Waals surface area contributed by atoms with E-state index in [1.165, 1.54) is 0 Å². The summed E-state index contributed by atoms with van der Waals surface area (Å²) in [7, 11) is 0. The molecule has 1 saturated carbocycles. The summed E-state index contributed by atoms with van der Waals surface area (Å²) in [5, 5.41) is 10.0. The first-order valence-electron chi connectivity index (χ1n) is 5.14. The highest BCUT2D eigenvalue weighted by Gasteiger charge is 2.46. The molecule has 3 heteroatoms. The maximum atomic E-state index is 10.3. The first kappa shape index (κ1) is 9.94. The van der Waals surface area contributed by atoms with Gasteiger partial charge in [-0.3, -0.25) is 0 Å². The standard InChI is InChI=1S/C12H13NO2/c1-2-9-4-3-5-10(11(9)15)12(6-7-12)13-8-14/h3-5,15H,2,6-7H2,1H3. The number of benzene rings is 1. The second kappa shape index (κ2) is 3.52. The molecule has 0 aliphatic heterocycles. The van der Waals surface area contributed by atoms with Crippen LogP contribution in [0.25, 0.3) is 0 Å². The second-order valence-corrected chi connectivity index (χ2v) is 3.90. The van der Waals surface area contributed by atoms with Crippen molar-refractivity contribution in [2.45, 2.75) is 31.7 Å². The Morgan fingerprint density at radius 1 is 1.53 bits per heavy atom. The van der Waals surface area contributed by atoms with Gasteiger partial charge >= 0.3 is 0 Å². The molecule has 0 unspecified atom stereocenters. The lowest BCUT2D eigenvalue weighted by molar-refractivity contribution is 0.453. The zero-order valence-electron chi connectivity index (χ0n) is 8.66. The fourth-order valence-electron chi connectivity index (χ4n) is 1.90. The van der Waals surface area contributed by atoms with Gasteiger partial charge in [0.2, 0.25) is 6.08 Å². The quantitative estimate of drug-likeness (QED) is 0.605. The van der Waals surface area contributed by atoms with Crippen LogP contribution >= 0.6 is 0 Å². The summed E-state index contributed by atoms with van der Waals surface area (Å²) in [5.74, 6) is 0.288. The van der Waals surface area contributed by atoms with Crippen molar-refractivity contribution in [1.29, 1.82) is 0 Å². The molecule has 0 amide bonds. The average Bonchev–Trinajstić information content (AvgIpc) is 3.00. The first-order chi connectivity index (χ1) is 7.23. The third-order valence-electron chi connectivity index (χ3n) is 2.99. The van der Waals surface area contributed by atoms with Gasteiger partial charge in [0.1, 0.15) is 11.3 Å². The molecule has 1 fully saturated rings. The van der Waals surface area contributed by atoms with E-state index in [0.717, 1.165) is 30.4 Å². The van der Waals surface area contributed by atoms with Gasteiger partial charge in [0.25, 0.3) is 0 Å². The normalized spacial score (nSPS) is 16.9. The summed E-state index contributed by atoms with van der Waals surface area (Å²) in [4.78, 5) is 14.1. The second-order valence-electron chi connectivity index (χ2n) is 3.90. The number of aryl methyl sites for hydroxylation is 1. The van der Waals surface area contributed by atoms with Crippen LogP contribution < -0.4 is 0 Å². The van der Waals surface area contributed by atoms with Gasteiger partial charge in [-0.05, 0) is 24.8 Å². The van der Waals surface area contributed by atoms with Crippen molar-refractivity contribution in [1.82, 2.24) is 0 Å². The van der Waals surface area contributed by atoms with Gasteiger partial charge in [-0.15, -0.1) is 0 Å². The number of phenolic OH excluding ortho intramolecular Hbond substituents is 1. The Hall–Kier alpha value is -1.60. The van der Waals surface area contributed by atoms with Crippen LogP contribution in [0.5, 0.6) is 5.75 Å². The molecule has 0 spiro atoms. The molecule has 2 rings (SSSR count). The van der Waals surface area contributed by atoms with E-state index in [1.807, 2.05) is 25.1 Å². The fraction of sp³-hybridized carbons (Fsp3) is 0.417. The number of carbonyl (C=O) groups excluding carboxylic acids is 1. The number of hydrogen-bond donors (Lipinski definition) is 1. The Bertz CT molecular complexity index is 429. The SMILES string of the molecule is CCc1cccc(C2(N=C=O)CC2)c1O. The highest BCUT2D eigenvalue weighted by Crippen LogP contribution is 2.52. The molecule has 1 aromatic carbocycles. The predicted octanol–water partition coefficient (Wildman–Crippen LogP) is 2.28. The van der Waals surface area contributed by atoms with Crippen molar-refractivity contribution in [3.8, 4) is 5.75 Å². The van der Waals surface area contributed by atoms with Gasteiger partial charge in [-0.1, -0.05) is 25.1 Å². The number of rotatable bonds is 3. The number of aromatic hydroxyl groups is 1. The topological polar surface area (TPSA) is 49.7 Å². The van der Waals surface area contributed by atoms with Crippen LogP contribution in [0.2, 0.25) is 0 Å². The van der Waals surface area contributed by atoms with Crippen molar-refractivity contribution < 1.29 is 9.90 Å². The van der Waals surface area contributed by atoms with Crippen LogP contribution in [-0.2, 0) is 16.8 Å². The minimum absolute atomic E-state index is 0.288. The molecule has 3 nitrogen and oxygen atoms in total. The summed E-state index contributed by atoms with van der Waals surface area (Å²) >= 11 is 0. The Balaban J connectivity index is 2.49. The molecule has 78 valence electrons. The van der Waals surface area contributed by atoms with Crippen LogP contribution in [0.3, 0.4) is 0 Å². The monoisotopic (exact) mass is 203 g/mol. The smallest absolute Gasteiger partial charge is 0.235 e. The van der Waals surface area contributed by atoms with E-state index >= 15 is 0 Å². The summed E-state index contributed by atoms with van der Waals surface area (Å²) < 4.78 is 0. The number of phenols is 1. The highest BCUT2D eigenvalue weighted by atomic mass is 16.3. The summed E-state index contributed by atoms with van der Waals surface area (Å²) in [6.45, 7) is 1.99. The maximum Gasteiger partial charge on any atom is 0.235 e. The first-order valence-corrected chi connectivity index (χ1v) is 5.14. The molecule has 0 saturated heterocycles. The van der Waals surface area contributed by atoms with Crippen LogP contribution in [0, 0.1) is 0 Å². The number of nitrogens with zero attached hydrogens (tertiary/aromatic N) is 1. The van der Waals surface area contributed by atoms with Gasteiger partial charge in [-0.2, -0.15) is 4.99 Å². The van der Waals surface area contributed by atoms with Gasteiger partial charge in [0, 0.05) is 5.56 Å². The van der Waals surface area contributed by atoms with Gasteiger partial charge in [-0.25, -0.2) is 4.79 Å². The fourth-order valence-corrected chi connectivity index (χ4v) is 1.90. The lowest BCUT2D eigenvalue weighted by Gasteiger charge is -2.12. The number of para-hydroxylation sites is 1. The Kier molecular flexibility index (Phi) is 2.33. The Morgan fingerprint density at radius 3 is 2.80 bits per heavy atom. The minimum Gasteiger partial charge on any atom is -0.507 e. The van der Waals surface area contributed by atoms with Crippen molar-refractivity contribution in [3.05, 3.63) is 29.3 Å². The van der Waals surface area contributed by atoms with Crippen molar-refractivity contribution in [2.24, 2.45) is 4.99 Å². The van der Waals surface area contributed by atoms with Crippen molar-refractivity contribution in [3.63, 3.8) is 0 Å². The lowest BCUT2D eigenvalue weighted by Crippen LogP contribution is -2.03. The molecule has 1 aromatic rings. The van der Waals surface area contributed by atoms with E-state index in [4.69, 9.17) is 0 Å². The zero-order chi connectivity index (χ0) is 10.9. The Labute approximate surface area is 88.5 Å². The predicted molar refractivity (Wildman–Crippen MR) is 56.5 cm³/mol. The van der Waals surface area contributed by atoms with Gasteiger partial charge < -0.3 is 5.11 Å². The molecule has 0 aromatic heterocycles. The molecule has 1 aliphatic rings. The molecule has 1 N–H and O–H groups in total. The number of aliphatic imine (C=N–C) groups is 1. The maximum absolute atomic E-state index is 10.3. The minimum atomic E-state index is -0.475. The third kappa shape index (κ3) is 1.55. The van der Waals surface area contributed by atoms with E-state index in [0.29, 0.717) is 0 Å². The van der Waals surface area contributed by atoms with E-state index < -0.39 is 5.54 Å². The number of hydrogen-bond acceptors (Lipinski definition) is 3. The average molecular weight is 203 g/mol. The molecule has 0 radical (unpaired) electrons. The van der Waals surface area contributed by atoms with Crippen LogP contribution in [0.15, 0.2) is 23.2 Å². The van der Waals surface area contributed by atoms with Crippen molar-refractivity contribution >= 4 is 6.08 Å². The molecule has 0 bridgehead atoms. The van der Waals surface area contributed by atoms with Crippen LogP contribution in [-0.4, -0.2) is 11.2 Å². The molecule has 15 heavy (non-hydrogen) atoms. The van der Waals surface area contributed by atoms with Crippen LogP contribution in [0.4, 0.5) is 0 Å². The van der Waals surface area contributed by atoms with Gasteiger partial charge in [0.15, 0.2) is 0 Å². The third-order valence-corrected chi connectivity index (χ3v) is 2.99. The van der Waals surface area contributed by atoms with E-state index in [-0.39, 0.29) is 5.75 Å². The Morgan fingerprint density at radius 2 is 2.27 bits per heavy atom. The summed E-state index contributed by atoms with van der Waals surface area (Å²) in [6, 6.07) is 5.62. The summed E-state index contributed by atoms with van der Waals surface area (Å²) in [6.07, 6.45) is 4.02. The molecular formula is C12H13NO2. The molecule has 0 atom stereocenters. The molecular weight excluding hydrogens is 190 g/mol. The zero-order valence-corrected chi connectivity index (χ0v) is 8.66. The van der Waals surface area contributed by atoms with E-state index in [2.05, 4.69) is 4.99 Å². The number of isocyanates is 1. The lowest BCUT2D eigenvalue weighted by atomic mass is 9.99. The highest BCUT2D eigenvalue weighted by molar-refractivity contribution is 5.49. The summed E-state index contributed by atoms with van der Waals surface area (Å²) in [5.41, 5.74) is 1.20. The molecule has 0 heterocycles.